The third-order valence-corrected chi connectivity index (χ3v) is 3.67. The van der Waals surface area contributed by atoms with Crippen molar-refractivity contribution in [1.82, 2.24) is 0 Å². The van der Waals surface area contributed by atoms with Crippen LogP contribution in [-0.4, -0.2) is 5.91 Å². The molecule has 2 nitrogen and oxygen atoms in total. The summed E-state index contributed by atoms with van der Waals surface area (Å²) in [4.78, 5) is 11.3. The number of benzene rings is 2. The minimum atomic E-state index is -0.207. The van der Waals surface area contributed by atoms with Gasteiger partial charge in [-0.2, -0.15) is 0 Å². The Hall–Kier alpha value is -2.09. The molecule has 2 aromatic rings. The second-order valence-corrected chi connectivity index (χ2v) is 4.77. The highest BCUT2D eigenvalue weighted by Crippen LogP contribution is 2.35. The maximum absolute atomic E-state index is 11.3. The number of hydrogen-bond donors (Lipinski definition) is 1. The molecule has 18 heavy (non-hydrogen) atoms. The van der Waals surface area contributed by atoms with Gasteiger partial charge >= 0.3 is 0 Å². The smallest absolute Gasteiger partial charge is 0.224 e. The van der Waals surface area contributed by atoms with E-state index in [9.17, 15) is 4.79 Å². The minimum absolute atomic E-state index is 0.0928. The van der Waals surface area contributed by atoms with Crippen molar-refractivity contribution in [1.29, 1.82) is 0 Å². The first-order valence-electron chi connectivity index (χ1n) is 6.23. The first kappa shape index (κ1) is 11.0. The van der Waals surface area contributed by atoms with Crippen molar-refractivity contribution in [3.63, 3.8) is 0 Å². The van der Waals surface area contributed by atoms with Crippen molar-refractivity contribution in [2.45, 2.75) is 18.8 Å². The van der Waals surface area contributed by atoms with Gasteiger partial charge in [-0.05, 0) is 35.1 Å². The van der Waals surface area contributed by atoms with Gasteiger partial charge in [-0.25, -0.2) is 0 Å². The number of nitrogens with two attached hydrogens (primary N) is 1. The number of amides is 1. The van der Waals surface area contributed by atoms with Crippen LogP contribution in [0.25, 0.3) is 11.1 Å². The second kappa shape index (κ2) is 4.30. The fraction of sp³-hybridized carbons (Fsp3) is 0.188. The van der Waals surface area contributed by atoms with E-state index in [0.717, 1.165) is 18.4 Å². The maximum atomic E-state index is 11.3. The lowest BCUT2D eigenvalue weighted by atomic mass is 9.97. The molecule has 1 atom stereocenters. The molecule has 0 radical (unpaired) electrons. The molecule has 2 N–H and O–H groups in total. The van der Waals surface area contributed by atoms with Crippen LogP contribution in [0, 0.1) is 0 Å². The van der Waals surface area contributed by atoms with Crippen LogP contribution in [0.4, 0.5) is 0 Å². The van der Waals surface area contributed by atoms with Crippen LogP contribution in [0.5, 0.6) is 0 Å². The van der Waals surface area contributed by atoms with Crippen LogP contribution in [-0.2, 0) is 11.2 Å². The zero-order chi connectivity index (χ0) is 12.5. The summed E-state index contributed by atoms with van der Waals surface area (Å²) < 4.78 is 0. The Morgan fingerprint density at radius 2 is 1.83 bits per heavy atom. The highest BCUT2D eigenvalue weighted by atomic mass is 16.1. The summed E-state index contributed by atoms with van der Waals surface area (Å²) in [5.41, 5.74) is 10.2. The Balaban J connectivity index is 2.01. The second-order valence-electron chi connectivity index (χ2n) is 4.77. The molecule has 0 heterocycles. The monoisotopic (exact) mass is 237 g/mol. The van der Waals surface area contributed by atoms with E-state index in [1.54, 1.807) is 0 Å². The van der Waals surface area contributed by atoms with Crippen LogP contribution in [0.3, 0.4) is 0 Å². The molecule has 0 fully saturated rings. The molecule has 1 unspecified atom stereocenters. The summed E-state index contributed by atoms with van der Waals surface area (Å²) in [5.74, 6) is -0.300. The predicted octanol–water partition coefficient (Wildman–Crippen LogP) is 2.87. The van der Waals surface area contributed by atoms with Gasteiger partial charge in [0.05, 0.1) is 5.92 Å². The molecule has 2 heteroatoms. The number of carbonyl (C=O) groups excluding carboxylic acids is 1. The lowest BCUT2D eigenvalue weighted by Gasteiger charge is -2.08. The van der Waals surface area contributed by atoms with E-state index in [2.05, 4.69) is 30.3 Å². The molecule has 1 aliphatic rings. The van der Waals surface area contributed by atoms with Crippen molar-refractivity contribution in [3.05, 3.63) is 59.7 Å². The first-order valence-corrected chi connectivity index (χ1v) is 6.23. The highest BCUT2D eigenvalue weighted by Gasteiger charge is 2.26. The van der Waals surface area contributed by atoms with E-state index in [1.807, 2.05) is 18.2 Å². The standard InChI is InChI=1S/C16H15NO/c17-16(18)15-9-7-13-10-12(6-8-14(13)15)11-4-2-1-3-5-11/h1-6,8,10,15H,7,9H2,(H2,17,18). The normalized spacial score (nSPS) is 17.4. The lowest BCUT2D eigenvalue weighted by Crippen LogP contribution is -2.19. The predicted molar refractivity (Wildman–Crippen MR) is 72.1 cm³/mol. The molecular weight excluding hydrogens is 222 g/mol. The number of aryl methyl sites for hydroxylation is 1. The minimum Gasteiger partial charge on any atom is -0.369 e. The zero-order valence-corrected chi connectivity index (χ0v) is 10.1. The molecule has 0 saturated heterocycles. The number of rotatable bonds is 2. The van der Waals surface area contributed by atoms with Gasteiger partial charge in [-0.15, -0.1) is 0 Å². The average molecular weight is 237 g/mol. The Morgan fingerprint density at radius 3 is 2.56 bits per heavy atom. The first-order chi connectivity index (χ1) is 8.75. The van der Waals surface area contributed by atoms with Crippen molar-refractivity contribution in [2.24, 2.45) is 5.73 Å². The van der Waals surface area contributed by atoms with E-state index < -0.39 is 0 Å². The lowest BCUT2D eigenvalue weighted by molar-refractivity contribution is -0.119. The molecule has 1 aliphatic carbocycles. The van der Waals surface area contributed by atoms with E-state index in [1.165, 1.54) is 16.7 Å². The van der Waals surface area contributed by atoms with Gasteiger partial charge in [0, 0.05) is 0 Å². The SMILES string of the molecule is NC(=O)C1CCc2cc(-c3ccccc3)ccc21. The molecule has 0 aromatic heterocycles. The van der Waals surface area contributed by atoms with Gasteiger partial charge in [-0.1, -0.05) is 48.5 Å². The molecule has 90 valence electrons. The van der Waals surface area contributed by atoms with Gasteiger partial charge < -0.3 is 5.73 Å². The van der Waals surface area contributed by atoms with Crippen molar-refractivity contribution in [2.75, 3.05) is 0 Å². The summed E-state index contributed by atoms with van der Waals surface area (Å²) in [5, 5.41) is 0. The van der Waals surface area contributed by atoms with Crippen molar-refractivity contribution < 1.29 is 4.79 Å². The summed E-state index contributed by atoms with van der Waals surface area (Å²) in [6, 6.07) is 16.6. The molecular formula is C16H15NO. The van der Waals surface area contributed by atoms with Crippen molar-refractivity contribution in [3.8, 4) is 11.1 Å². The van der Waals surface area contributed by atoms with Crippen LogP contribution in [0.15, 0.2) is 48.5 Å². The summed E-state index contributed by atoms with van der Waals surface area (Å²) in [6.45, 7) is 0. The van der Waals surface area contributed by atoms with Crippen LogP contribution < -0.4 is 5.73 Å². The maximum Gasteiger partial charge on any atom is 0.224 e. The fourth-order valence-corrected chi connectivity index (χ4v) is 2.72. The van der Waals surface area contributed by atoms with Gasteiger partial charge in [0.2, 0.25) is 5.91 Å². The molecule has 1 amide bonds. The third-order valence-electron chi connectivity index (χ3n) is 3.67. The van der Waals surface area contributed by atoms with Crippen LogP contribution >= 0.6 is 0 Å². The molecule has 0 aliphatic heterocycles. The summed E-state index contributed by atoms with van der Waals surface area (Å²) in [7, 11) is 0. The zero-order valence-electron chi connectivity index (χ0n) is 10.1. The quantitative estimate of drug-likeness (QED) is 0.857. The molecule has 0 spiro atoms. The Morgan fingerprint density at radius 1 is 1.06 bits per heavy atom. The average Bonchev–Trinajstić information content (AvgIpc) is 2.82. The van der Waals surface area contributed by atoms with E-state index in [0.29, 0.717) is 0 Å². The third kappa shape index (κ3) is 1.80. The summed E-state index contributed by atoms with van der Waals surface area (Å²) >= 11 is 0. The number of carbonyl (C=O) groups is 1. The van der Waals surface area contributed by atoms with Crippen molar-refractivity contribution >= 4 is 5.91 Å². The van der Waals surface area contributed by atoms with Gasteiger partial charge in [0.1, 0.15) is 0 Å². The van der Waals surface area contributed by atoms with Crippen LogP contribution in [0.1, 0.15) is 23.5 Å². The molecule has 0 saturated carbocycles. The number of fused-ring (bicyclic) bond motifs is 1. The number of primary amides is 1. The van der Waals surface area contributed by atoms with E-state index in [4.69, 9.17) is 5.73 Å². The Bertz CT molecular complexity index is 589. The van der Waals surface area contributed by atoms with Gasteiger partial charge in [0.25, 0.3) is 0 Å². The van der Waals surface area contributed by atoms with Crippen LogP contribution in [0.2, 0.25) is 0 Å². The Labute approximate surface area is 106 Å². The molecule has 2 aromatic carbocycles. The highest BCUT2D eigenvalue weighted by molar-refractivity contribution is 5.83. The van der Waals surface area contributed by atoms with Gasteiger partial charge in [-0.3, -0.25) is 4.79 Å². The van der Waals surface area contributed by atoms with Gasteiger partial charge in [0.15, 0.2) is 0 Å². The van der Waals surface area contributed by atoms with E-state index in [-0.39, 0.29) is 11.8 Å². The molecule has 3 rings (SSSR count). The number of hydrogen-bond acceptors (Lipinski definition) is 1. The Kier molecular flexibility index (Phi) is 2.63. The summed E-state index contributed by atoms with van der Waals surface area (Å²) in [6.07, 6.45) is 1.80. The fourth-order valence-electron chi connectivity index (χ4n) is 2.72. The van der Waals surface area contributed by atoms with E-state index >= 15 is 0 Å². The largest absolute Gasteiger partial charge is 0.369 e. The topological polar surface area (TPSA) is 43.1 Å². The molecule has 0 bridgehead atoms.